The molecule has 10 heteroatoms. The average molecular weight is 403 g/mol. The number of halogens is 1. The molecule has 28 heavy (non-hydrogen) atoms. The Labute approximate surface area is 164 Å². The SMILES string of the molecule is [B]N1CCC(Oc2cc(Oc3ccc(S(=O)(=O)C4CC4)cc3F)ncn2)CC1. The van der Waals surface area contributed by atoms with Crippen LogP contribution in [0.2, 0.25) is 0 Å². The quantitative estimate of drug-likeness (QED) is 0.685. The molecule has 1 saturated heterocycles. The van der Waals surface area contributed by atoms with Crippen molar-refractivity contribution in [2.24, 2.45) is 0 Å². The number of rotatable bonds is 6. The van der Waals surface area contributed by atoms with Crippen LogP contribution in [-0.4, -0.2) is 55.6 Å². The summed E-state index contributed by atoms with van der Waals surface area (Å²) in [5.74, 6) is -0.444. The molecule has 146 valence electrons. The number of nitrogens with zero attached hydrogens (tertiary/aromatic N) is 3. The van der Waals surface area contributed by atoms with Gasteiger partial charge in [-0.1, -0.05) is 0 Å². The minimum Gasteiger partial charge on any atom is -0.474 e. The molecule has 1 aromatic heterocycles. The van der Waals surface area contributed by atoms with Crippen molar-refractivity contribution in [2.45, 2.75) is 41.9 Å². The lowest BCUT2D eigenvalue weighted by Gasteiger charge is -2.29. The smallest absolute Gasteiger partial charge is 0.226 e. The van der Waals surface area contributed by atoms with Gasteiger partial charge in [-0.2, -0.15) is 0 Å². The summed E-state index contributed by atoms with van der Waals surface area (Å²) in [7, 11) is 2.27. The normalized spacial score (nSPS) is 18.8. The van der Waals surface area contributed by atoms with Crippen molar-refractivity contribution in [2.75, 3.05) is 13.1 Å². The Morgan fingerprint density at radius 3 is 2.46 bits per heavy atom. The van der Waals surface area contributed by atoms with Crippen LogP contribution in [0.5, 0.6) is 17.5 Å². The van der Waals surface area contributed by atoms with Crippen LogP contribution in [0.25, 0.3) is 0 Å². The Hall–Kier alpha value is -2.20. The zero-order valence-corrected chi connectivity index (χ0v) is 15.9. The first-order valence-electron chi connectivity index (χ1n) is 9.11. The van der Waals surface area contributed by atoms with E-state index in [0.717, 1.165) is 32.0 Å². The summed E-state index contributed by atoms with van der Waals surface area (Å²) in [5, 5.41) is -0.397. The van der Waals surface area contributed by atoms with Gasteiger partial charge in [-0.25, -0.2) is 22.8 Å². The van der Waals surface area contributed by atoms with Crippen molar-refractivity contribution in [3.8, 4) is 17.5 Å². The van der Waals surface area contributed by atoms with Crippen molar-refractivity contribution < 1.29 is 22.3 Å². The Bertz CT molecular complexity index is 963. The highest BCUT2D eigenvalue weighted by atomic mass is 32.2. The van der Waals surface area contributed by atoms with E-state index in [4.69, 9.17) is 17.5 Å². The van der Waals surface area contributed by atoms with E-state index in [9.17, 15) is 12.8 Å². The van der Waals surface area contributed by atoms with Crippen LogP contribution in [0.1, 0.15) is 25.7 Å². The lowest BCUT2D eigenvalue weighted by Crippen LogP contribution is -2.36. The predicted octanol–water partition coefficient (Wildman–Crippen LogP) is 2.27. The van der Waals surface area contributed by atoms with Gasteiger partial charge in [-0.05, 0) is 57.0 Å². The number of hydrogen-bond donors (Lipinski definition) is 0. The molecule has 1 aromatic carbocycles. The molecule has 2 fully saturated rings. The van der Waals surface area contributed by atoms with Crippen molar-refractivity contribution >= 4 is 17.8 Å². The zero-order valence-electron chi connectivity index (χ0n) is 15.1. The highest BCUT2D eigenvalue weighted by Gasteiger charge is 2.37. The molecular weight excluding hydrogens is 384 g/mol. The molecule has 1 aliphatic heterocycles. The maximum absolute atomic E-state index is 14.4. The first-order valence-corrected chi connectivity index (χ1v) is 10.7. The third kappa shape index (κ3) is 4.28. The molecule has 0 N–H and O–H groups in total. The standard InChI is InChI=1S/C18H19BFN3O4S/c19-23-7-5-12(6-8-23)26-17-10-18(22-11-21-17)27-16-4-3-14(9-15(16)20)28(24,25)13-1-2-13/h3-4,9-13H,1-2,5-8H2. The highest BCUT2D eigenvalue weighted by Crippen LogP contribution is 2.35. The van der Waals surface area contributed by atoms with E-state index < -0.39 is 20.9 Å². The third-order valence-corrected chi connectivity index (χ3v) is 7.05. The van der Waals surface area contributed by atoms with Crippen LogP contribution in [0.4, 0.5) is 4.39 Å². The Balaban J connectivity index is 1.45. The second-order valence-electron chi connectivity index (χ2n) is 6.99. The van der Waals surface area contributed by atoms with Gasteiger partial charge in [0.25, 0.3) is 0 Å². The molecule has 2 heterocycles. The lowest BCUT2D eigenvalue weighted by molar-refractivity contribution is 0.130. The summed E-state index contributed by atoms with van der Waals surface area (Å²) in [6, 6.07) is 5.11. The van der Waals surface area contributed by atoms with Crippen molar-refractivity contribution in [1.82, 2.24) is 14.8 Å². The van der Waals surface area contributed by atoms with Gasteiger partial charge in [0.15, 0.2) is 29.4 Å². The van der Waals surface area contributed by atoms with Gasteiger partial charge >= 0.3 is 0 Å². The largest absolute Gasteiger partial charge is 0.474 e. The summed E-state index contributed by atoms with van der Waals surface area (Å²) < 4.78 is 50.1. The Kier molecular flexibility index (Phi) is 5.24. The second-order valence-corrected chi connectivity index (χ2v) is 9.21. The summed E-state index contributed by atoms with van der Waals surface area (Å²) in [4.78, 5) is 9.73. The molecule has 1 saturated carbocycles. The van der Waals surface area contributed by atoms with E-state index in [1.807, 2.05) is 0 Å². The molecule has 0 bridgehead atoms. The topological polar surface area (TPSA) is 81.6 Å². The van der Waals surface area contributed by atoms with Gasteiger partial charge in [0.05, 0.1) is 16.2 Å². The molecule has 1 aliphatic carbocycles. The number of ether oxygens (including phenoxy) is 2. The number of sulfone groups is 1. The molecule has 7 nitrogen and oxygen atoms in total. The van der Waals surface area contributed by atoms with E-state index in [-0.39, 0.29) is 22.6 Å². The van der Waals surface area contributed by atoms with Crippen LogP contribution in [0, 0.1) is 5.82 Å². The summed E-state index contributed by atoms with van der Waals surface area (Å²) >= 11 is 0. The molecule has 2 aromatic rings. The van der Waals surface area contributed by atoms with Gasteiger partial charge in [0.2, 0.25) is 11.8 Å². The number of aromatic nitrogens is 2. The fraction of sp³-hybridized carbons (Fsp3) is 0.444. The van der Waals surface area contributed by atoms with E-state index in [0.29, 0.717) is 18.7 Å². The van der Waals surface area contributed by atoms with Gasteiger partial charge in [0.1, 0.15) is 12.4 Å². The molecule has 4 rings (SSSR count). The first-order chi connectivity index (χ1) is 13.4. The highest BCUT2D eigenvalue weighted by molar-refractivity contribution is 7.92. The molecular formula is C18H19BFN3O4S. The number of benzene rings is 1. The van der Waals surface area contributed by atoms with Crippen molar-refractivity contribution in [3.05, 3.63) is 36.4 Å². The summed E-state index contributed by atoms with van der Waals surface area (Å²) in [6.07, 6.45) is 4.06. The molecule has 0 spiro atoms. The fourth-order valence-electron chi connectivity index (χ4n) is 3.03. The van der Waals surface area contributed by atoms with Crippen molar-refractivity contribution in [3.63, 3.8) is 0 Å². The predicted molar refractivity (Wildman–Crippen MR) is 99.7 cm³/mol. The van der Waals surface area contributed by atoms with Crippen LogP contribution in [-0.2, 0) is 9.84 Å². The number of piperidine rings is 1. The van der Waals surface area contributed by atoms with E-state index in [2.05, 4.69) is 9.97 Å². The summed E-state index contributed by atoms with van der Waals surface area (Å²) in [5.41, 5.74) is 0. The number of hydrogen-bond acceptors (Lipinski definition) is 7. The first kappa shape index (κ1) is 19.1. The minimum absolute atomic E-state index is 0.00815. The van der Waals surface area contributed by atoms with Gasteiger partial charge in [-0.15, -0.1) is 0 Å². The Morgan fingerprint density at radius 2 is 1.79 bits per heavy atom. The maximum Gasteiger partial charge on any atom is 0.226 e. The van der Waals surface area contributed by atoms with E-state index >= 15 is 0 Å². The maximum atomic E-state index is 14.4. The average Bonchev–Trinajstić information content (AvgIpc) is 3.51. The molecule has 0 atom stereocenters. The van der Waals surface area contributed by atoms with Crippen LogP contribution >= 0.6 is 0 Å². The van der Waals surface area contributed by atoms with E-state index in [1.165, 1.54) is 24.5 Å². The van der Waals surface area contributed by atoms with Gasteiger partial charge < -0.3 is 14.3 Å². The van der Waals surface area contributed by atoms with E-state index in [1.54, 1.807) is 4.81 Å². The van der Waals surface area contributed by atoms with Gasteiger partial charge in [-0.3, -0.25) is 0 Å². The molecule has 2 radical (unpaired) electrons. The molecule has 0 amide bonds. The fourth-order valence-corrected chi connectivity index (χ4v) is 4.70. The third-order valence-electron chi connectivity index (χ3n) is 4.79. The van der Waals surface area contributed by atoms with Crippen LogP contribution in [0.3, 0.4) is 0 Å². The molecule has 2 aliphatic rings. The second kappa shape index (κ2) is 7.67. The molecule has 0 unspecified atom stereocenters. The van der Waals surface area contributed by atoms with Crippen LogP contribution in [0.15, 0.2) is 35.5 Å². The lowest BCUT2D eigenvalue weighted by atomic mass is 10.1. The summed E-state index contributed by atoms with van der Waals surface area (Å²) in [6.45, 7) is 1.47. The van der Waals surface area contributed by atoms with Crippen LogP contribution < -0.4 is 9.47 Å². The minimum atomic E-state index is -3.46. The zero-order chi connectivity index (χ0) is 19.7. The monoisotopic (exact) mass is 403 g/mol. The van der Waals surface area contributed by atoms with Gasteiger partial charge in [0, 0.05) is 0 Å². The van der Waals surface area contributed by atoms with Crippen molar-refractivity contribution in [1.29, 1.82) is 0 Å². The Morgan fingerprint density at radius 1 is 1.07 bits per heavy atom.